The van der Waals surface area contributed by atoms with Gasteiger partial charge in [-0.05, 0) is 30.0 Å². The molecule has 0 aliphatic carbocycles. The van der Waals surface area contributed by atoms with Gasteiger partial charge in [0.05, 0.1) is 13.0 Å². The molecule has 0 unspecified atom stereocenters. The molecular formula is C11H12O3. The lowest BCUT2D eigenvalue weighted by Gasteiger charge is -2.17. The molecule has 0 saturated carbocycles. The minimum atomic E-state index is -0.805. The SMILES string of the molecule is O=C(O)Cc1ccc2c(c1)OCCC2. The molecule has 0 fully saturated rings. The molecule has 1 aliphatic heterocycles. The molecule has 0 bridgehead atoms. The summed E-state index contributed by atoms with van der Waals surface area (Å²) in [6.07, 6.45) is 2.14. The van der Waals surface area contributed by atoms with Gasteiger partial charge in [0, 0.05) is 0 Å². The number of hydrogen-bond acceptors (Lipinski definition) is 2. The molecule has 1 aromatic carbocycles. The summed E-state index contributed by atoms with van der Waals surface area (Å²) in [5, 5.41) is 8.63. The van der Waals surface area contributed by atoms with Crippen molar-refractivity contribution in [1.29, 1.82) is 0 Å². The van der Waals surface area contributed by atoms with E-state index in [0.29, 0.717) is 0 Å². The van der Waals surface area contributed by atoms with Crippen molar-refractivity contribution in [2.45, 2.75) is 19.3 Å². The first-order valence-corrected chi connectivity index (χ1v) is 4.72. The maximum atomic E-state index is 10.5. The Morgan fingerprint density at radius 1 is 1.50 bits per heavy atom. The molecule has 3 heteroatoms. The summed E-state index contributed by atoms with van der Waals surface area (Å²) in [6.45, 7) is 0.740. The van der Waals surface area contributed by atoms with Gasteiger partial charge in [-0.15, -0.1) is 0 Å². The summed E-state index contributed by atoms with van der Waals surface area (Å²) < 4.78 is 5.45. The molecule has 74 valence electrons. The fourth-order valence-electron chi connectivity index (χ4n) is 1.67. The summed E-state index contributed by atoms with van der Waals surface area (Å²) in [5.74, 6) is 0.0516. The maximum Gasteiger partial charge on any atom is 0.307 e. The average molecular weight is 192 g/mol. The highest BCUT2D eigenvalue weighted by Gasteiger charge is 2.11. The second-order valence-electron chi connectivity index (χ2n) is 3.46. The highest BCUT2D eigenvalue weighted by Crippen LogP contribution is 2.25. The van der Waals surface area contributed by atoms with E-state index < -0.39 is 5.97 Å². The van der Waals surface area contributed by atoms with Gasteiger partial charge in [-0.2, -0.15) is 0 Å². The minimum absolute atomic E-state index is 0.0661. The van der Waals surface area contributed by atoms with Crippen LogP contribution in [0.5, 0.6) is 5.75 Å². The Balaban J connectivity index is 2.24. The minimum Gasteiger partial charge on any atom is -0.493 e. The Bertz CT molecular complexity index is 358. The van der Waals surface area contributed by atoms with Crippen molar-refractivity contribution < 1.29 is 14.6 Å². The van der Waals surface area contributed by atoms with Gasteiger partial charge in [0.25, 0.3) is 0 Å². The summed E-state index contributed by atoms with van der Waals surface area (Å²) in [5.41, 5.74) is 1.99. The molecule has 0 spiro atoms. The molecule has 14 heavy (non-hydrogen) atoms. The summed E-state index contributed by atoms with van der Waals surface area (Å²) >= 11 is 0. The van der Waals surface area contributed by atoms with E-state index in [9.17, 15) is 4.79 Å². The third-order valence-electron chi connectivity index (χ3n) is 2.33. The monoisotopic (exact) mass is 192 g/mol. The normalized spacial score (nSPS) is 14.3. The van der Waals surface area contributed by atoms with E-state index in [2.05, 4.69) is 0 Å². The van der Waals surface area contributed by atoms with Crippen LogP contribution in [-0.4, -0.2) is 17.7 Å². The predicted molar refractivity (Wildman–Crippen MR) is 51.6 cm³/mol. The zero-order valence-electron chi connectivity index (χ0n) is 7.82. The number of hydrogen-bond donors (Lipinski definition) is 1. The van der Waals surface area contributed by atoms with Crippen LogP contribution in [0, 0.1) is 0 Å². The van der Waals surface area contributed by atoms with Crippen LogP contribution in [0.25, 0.3) is 0 Å². The number of aryl methyl sites for hydroxylation is 1. The van der Waals surface area contributed by atoms with Gasteiger partial charge in [0.2, 0.25) is 0 Å². The van der Waals surface area contributed by atoms with Crippen LogP contribution in [0.2, 0.25) is 0 Å². The van der Waals surface area contributed by atoms with E-state index in [1.165, 1.54) is 5.56 Å². The molecule has 3 nitrogen and oxygen atoms in total. The van der Waals surface area contributed by atoms with Crippen LogP contribution in [0.15, 0.2) is 18.2 Å². The molecular weight excluding hydrogens is 180 g/mol. The number of carboxylic acids is 1. The van der Waals surface area contributed by atoms with E-state index in [1.54, 1.807) is 0 Å². The third-order valence-corrected chi connectivity index (χ3v) is 2.33. The molecule has 1 aromatic rings. The maximum absolute atomic E-state index is 10.5. The van der Waals surface area contributed by atoms with Crippen LogP contribution < -0.4 is 4.74 Å². The fraction of sp³-hybridized carbons (Fsp3) is 0.364. The molecule has 0 amide bonds. The Hall–Kier alpha value is -1.51. The van der Waals surface area contributed by atoms with Gasteiger partial charge in [0.1, 0.15) is 5.75 Å². The number of benzene rings is 1. The van der Waals surface area contributed by atoms with Crippen molar-refractivity contribution in [3.63, 3.8) is 0 Å². The second kappa shape index (κ2) is 3.70. The predicted octanol–water partition coefficient (Wildman–Crippen LogP) is 1.64. The lowest BCUT2D eigenvalue weighted by atomic mass is 10.0. The molecule has 1 aliphatic rings. The van der Waals surface area contributed by atoms with Crippen molar-refractivity contribution in [3.8, 4) is 5.75 Å². The van der Waals surface area contributed by atoms with Crippen LogP contribution in [0.4, 0.5) is 0 Å². The van der Waals surface area contributed by atoms with Gasteiger partial charge >= 0.3 is 5.97 Å². The topological polar surface area (TPSA) is 46.5 Å². The molecule has 2 rings (SSSR count). The quantitative estimate of drug-likeness (QED) is 0.774. The first-order valence-electron chi connectivity index (χ1n) is 4.72. The number of carboxylic acid groups (broad SMARTS) is 1. The molecule has 1 heterocycles. The number of fused-ring (bicyclic) bond motifs is 1. The van der Waals surface area contributed by atoms with E-state index in [4.69, 9.17) is 9.84 Å². The Kier molecular flexibility index (Phi) is 2.39. The lowest BCUT2D eigenvalue weighted by molar-refractivity contribution is -0.136. The molecule has 0 aromatic heterocycles. The fourth-order valence-corrected chi connectivity index (χ4v) is 1.67. The van der Waals surface area contributed by atoms with E-state index >= 15 is 0 Å². The molecule has 1 N–H and O–H groups in total. The average Bonchev–Trinajstić information content (AvgIpc) is 2.17. The Morgan fingerprint density at radius 3 is 3.14 bits per heavy atom. The smallest absolute Gasteiger partial charge is 0.307 e. The van der Waals surface area contributed by atoms with Crippen LogP contribution in [0.1, 0.15) is 17.5 Å². The van der Waals surface area contributed by atoms with Gasteiger partial charge in [-0.3, -0.25) is 4.79 Å². The molecule has 0 saturated heterocycles. The van der Waals surface area contributed by atoms with Crippen molar-refractivity contribution in [1.82, 2.24) is 0 Å². The number of ether oxygens (including phenoxy) is 1. The largest absolute Gasteiger partial charge is 0.493 e. The molecule has 0 radical (unpaired) electrons. The third kappa shape index (κ3) is 1.87. The van der Waals surface area contributed by atoms with Gasteiger partial charge in [0.15, 0.2) is 0 Å². The Labute approximate surface area is 82.3 Å². The highest BCUT2D eigenvalue weighted by atomic mass is 16.5. The number of carbonyl (C=O) groups is 1. The Morgan fingerprint density at radius 2 is 2.36 bits per heavy atom. The van der Waals surface area contributed by atoms with Gasteiger partial charge < -0.3 is 9.84 Å². The van der Waals surface area contributed by atoms with Gasteiger partial charge in [-0.1, -0.05) is 12.1 Å². The van der Waals surface area contributed by atoms with Crippen molar-refractivity contribution >= 4 is 5.97 Å². The van der Waals surface area contributed by atoms with E-state index in [1.807, 2.05) is 18.2 Å². The number of rotatable bonds is 2. The lowest BCUT2D eigenvalue weighted by Crippen LogP contribution is -2.09. The summed E-state index contributed by atoms with van der Waals surface area (Å²) in [7, 11) is 0. The van der Waals surface area contributed by atoms with E-state index in [0.717, 1.165) is 30.8 Å². The van der Waals surface area contributed by atoms with Crippen molar-refractivity contribution in [2.75, 3.05) is 6.61 Å². The summed E-state index contributed by atoms with van der Waals surface area (Å²) in [6, 6.07) is 5.66. The van der Waals surface area contributed by atoms with Crippen molar-refractivity contribution in [2.24, 2.45) is 0 Å². The number of aliphatic carboxylic acids is 1. The van der Waals surface area contributed by atoms with Crippen LogP contribution >= 0.6 is 0 Å². The zero-order chi connectivity index (χ0) is 9.97. The summed E-state index contributed by atoms with van der Waals surface area (Å²) in [4.78, 5) is 10.5. The standard InChI is InChI=1S/C11H12O3/c12-11(13)7-8-3-4-9-2-1-5-14-10(9)6-8/h3-4,6H,1-2,5,7H2,(H,12,13). The first kappa shape index (κ1) is 9.06. The van der Waals surface area contributed by atoms with Crippen molar-refractivity contribution in [3.05, 3.63) is 29.3 Å². The van der Waals surface area contributed by atoms with Gasteiger partial charge in [-0.25, -0.2) is 0 Å². The molecule has 0 atom stereocenters. The first-order chi connectivity index (χ1) is 6.75. The van der Waals surface area contributed by atoms with Crippen LogP contribution in [-0.2, 0) is 17.6 Å². The second-order valence-corrected chi connectivity index (χ2v) is 3.46. The zero-order valence-corrected chi connectivity index (χ0v) is 7.82. The van der Waals surface area contributed by atoms with Crippen LogP contribution in [0.3, 0.4) is 0 Å². The highest BCUT2D eigenvalue weighted by molar-refractivity contribution is 5.70. The van der Waals surface area contributed by atoms with E-state index in [-0.39, 0.29) is 6.42 Å².